The molecule has 3 N–H and O–H groups in total. The Bertz CT molecular complexity index is 608. The predicted octanol–water partition coefficient (Wildman–Crippen LogP) is 2.59. The molecule has 1 aromatic carbocycles. The Labute approximate surface area is 137 Å². The summed E-state index contributed by atoms with van der Waals surface area (Å²) >= 11 is 0. The molecule has 1 unspecified atom stereocenters. The summed E-state index contributed by atoms with van der Waals surface area (Å²) in [7, 11) is 0. The molecule has 23 heavy (non-hydrogen) atoms. The van der Waals surface area contributed by atoms with E-state index in [1.54, 1.807) is 0 Å². The summed E-state index contributed by atoms with van der Waals surface area (Å²) in [4.78, 5) is 4.43. The summed E-state index contributed by atoms with van der Waals surface area (Å²) in [6.45, 7) is 1.17. The van der Waals surface area contributed by atoms with Crippen molar-refractivity contribution in [2.75, 3.05) is 18.5 Å². The molecular weight excluding hydrogens is 290 g/mol. The Morgan fingerprint density at radius 2 is 2.04 bits per heavy atom. The maximum Gasteiger partial charge on any atom is 0.193 e. The topological polar surface area (TPSA) is 68.9 Å². The largest absolute Gasteiger partial charge is 0.370 e. The fraction of sp³-hybridized carbons (Fsp3) is 0.611. The van der Waals surface area contributed by atoms with Gasteiger partial charge in [0.15, 0.2) is 11.7 Å². The van der Waals surface area contributed by atoms with Crippen LogP contribution in [0.25, 0.3) is 0 Å². The number of aryl methyl sites for hydroxylation is 2. The standard InChI is InChI=1S/C18H25N3O2/c19-17(21-15-7-6-13-4-3-5-14(13)10-15)20-11-16-12-22-18(23-16)8-1-2-9-18/h6-7,10,16H,1-5,8-9,11-12H2,(H3,19,20,21). The van der Waals surface area contributed by atoms with Gasteiger partial charge in [-0.1, -0.05) is 6.07 Å². The van der Waals surface area contributed by atoms with E-state index >= 15 is 0 Å². The molecule has 1 heterocycles. The van der Waals surface area contributed by atoms with Crippen LogP contribution in [0.1, 0.15) is 43.2 Å². The highest BCUT2D eigenvalue weighted by Crippen LogP contribution is 2.39. The first-order valence-electron chi connectivity index (χ1n) is 8.73. The summed E-state index contributed by atoms with van der Waals surface area (Å²) in [5.74, 6) is 0.126. The Morgan fingerprint density at radius 3 is 2.91 bits per heavy atom. The third-order valence-electron chi connectivity index (χ3n) is 5.12. The lowest BCUT2D eigenvalue weighted by molar-refractivity contribution is -0.160. The maximum absolute atomic E-state index is 6.06. The minimum Gasteiger partial charge on any atom is -0.370 e. The summed E-state index contributed by atoms with van der Waals surface area (Å²) in [6.07, 6.45) is 8.04. The minimum atomic E-state index is -0.317. The molecule has 1 saturated carbocycles. The summed E-state index contributed by atoms with van der Waals surface area (Å²) in [5, 5.41) is 3.19. The van der Waals surface area contributed by atoms with Crippen molar-refractivity contribution in [1.29, 1.82) is 0 Å². The highest BCUT2D eigenvalue weighted by molar-refractivity contribution is 5.92. The number of nitrogens with one attached hydrogen (secondary N) is 1. The summed E-state index contributed by atoms with van der Waals surface area (Å²) < 4.78 is 11.9. The van der Waals surface area contributed by atoms with Crippen LogP contribution in [0.4, 0.5) is 5.69 Å². The van der Waals surface area contributed by atoms with Crippen LogP contribution in [0.2, 0.25) is 0 Å². The Hall–Kier alpha value is -1.59. The molecule has 1 atom stereocenters. The lowest BCUT2D eigenvalue weighted by Crippen LogP contribution is -2.28. The molecular formula is C18H25N3O2. The van der Waals surface area contributed by atoms with Gasteiger partial charge in [0, 0.05) is 18.5 Å². The van der Waals surface area contributed by atoms with Gasteiger partial charge >= 0.3 is 0 Å². The van der Waals surface area contributed by atoms with Crippen LogP contribution in [0.3, 0.4) is 0 Å². The van der Waals surface area contributed by atoms with E-state index in [0.717, 1.165) is 24.9 Å². The normalized spacial score (nSPS) is 25.9. The first-order valence-corrected chi connectivity index (χ1v) is 8.73. The van der Waals surface area contributed by atoms with Crippen LogP contribution in [0.15, 0.2) is 23.2 Å². The zero-order chi connectivity index (χ0) is 15.7. The van der Waals surface area contributed by atoms with Gasteiger partial charge < -0.3 is 20.5 Å². The van der Waals surface area contributed by atoms with Gasteiger partial charge in [-0.3, -0.25) is 4.99 Å². The van der Waals surface area contributed by atoms with Crippen LogP contribution in [0.5, 0.6) is 0 Å². The Morgan fingerprint density at radius 1 is 1.22 bits per heavy atom. The van der Waals surface area contributed by atoms with E-state index in [9.17, 15) is 0 Å². The Balaban J connectivity index is 1.32. The quantitative estimate of drug-likeness (QED) is 0.664. The van der Waals surface area contributed by atoms with Crippen molar-refractivity contribution in [3.63, 3.8) is 0 Å². The molecule has 1 saturated heterocycles. The fourth-order valence-corrected chi connectivity index (χ4v) is 3.92. The number of nitrogens with two attached hydrogens (primary N) is 1. The number of rotatable bonds is 3. The van der Waals surface area contributed by atoms with E-state index in [2.05, 4.69) is 28.5 Å². The van der Waals surface area contributed by atoms with Crippen molar-refractivity contribution >= 4 is 11.6 Å². The SMILES string of the molecule is NC(=NCC1COC2(CCCC2)O1)Nc1ccc2c(c1)CCC2. The van der Waals surface area contributed by atoms with E-state index < -0.39 is 0 Å². The van der Waals surface area contributed by atoms with Crippen molar-refractivity contribution in [1.82, 2.24) is 0 Å². The molecule has 0 radical (unpaired) electrons. The van der Waals surface area contributed by atoms with E-state index in [0.29, 0.717) is 19.1 Å². The van der Waals surface area contributed by atoms with Crippen LogP contribution >= 0.6 is 0 Å². The third kappa shape index (κ3) is 3.21. The van der Waals surface area contributed by atoms with Gasteiger partial charge in [-0.25, -0.2) is 0 Å². The third-order valence-corrected chi connectivity index (χ3v) is 5.12. The molecule has 3 aliphatic rings. The molecule has 0 aromatic heterocycles. The number of fused-ring (bicyclic) bond motifs is 1. The molecule has 124 valence electrons. The minimum absolute atomic E-state index is 0.0217. The number of hydrogen-bond acceptors (Lipinski definition) is 3. The van der Waals surface area contributed by atoms with Crippen LogP contribution in [-0.4, -0.2) is 31.0 Å². The Kier molecular flexibility index (Phi) is 3.99. The van der Waals surface area contributed by atoms with Crippen molar-refractivity contribution in [2.45, 2.75) is 56.8 Å². The van der Waals surface area contributed by atoms with E-state index in [4.69, 9.17) is 15.2 Å². The maximum atomic E-state index is 6.06. The number of aliphatic imine (C=N–C) groups is 1. The van der Waals surface area contributed by atoms with E-state index in [-0.39, 0.29) is 11.9 Å². The van der Waals surface area contributed by atoms with Gasteiger partial charge in [0.05, 0.1) is 13.2 Å². The van der Waals surface area contributed by atoms with Crippen LogP contribution in [-0.2, 0) is 22.3 Å². The fourth-order valence-electron chi connectivity index (χ4n) is 3.92. The summed E-state index contributed by atoms with van der Waals surface area (Å²) in [6, 6.07) is 6.46. The molecule has 1 aromatic rings. The molecule has 0 amide bonds. The molecule has 5 heteroatoms. The van der Waals surface area contributed by atoms with Gasteiger partial charge in [0.2, 0.25) is 0 Å². The highest BCUT2D eigenvalue weighted by atomic mass is 16.7. The second-order valence-corrected chi connectivity index (χ2v) is 6.86. The number of benzene rings is 1. The number of anilines is 1. The monoisotopic (exact) mass is 315 g/mol. The molecule has 2 aliphatic carbocycles. The van der Waals surface area contributed by atoms with Gasteiger partial charge in [-0.2, -0.15) is 0 Å². The second kappa shape index (κ2) is 6.13. The molecule has 5 nitrogen and oxygen atoms in total. The number of ether oxygens (including phenoxy) is 2. The average molecular weight is 315 g/mol. The van der Waals surface area contributed by atoms with Crippen LogP contribution < -0.4 is 11.1 Å². The number of nitrogens with zero attached hydrogens (tertiary/aromatic N) is 1. The van der Waals surface area contributed by atoms with Gasteiger partial charge in [0.1, 0.15) is 6.10 Å². The molecule has 4 rings (SSSR count). The first-order chi connectivity index (χ1) is 11.2. The van der Waals surface area contributed by atoms with Crippen LogP contribution in [0, 0.1) is 0 Å². The van der Waals surface area contributed by atoms with E-state index in [1.165, 1.54) is 36.8 Å². The zero-order valence-electron chi connectivity index (χ0n) is 13.5. The zero-order valence-corrected chi connectivity index (χ0v) is 13.5. The highest BCUT2D eigenvalue weighted by Gasteiger charge is 2.43. The molecule has 0 bridgehead atoms. The van der Waals surface area contributed by atoms with Gasteiger partial charge in [0.25, 0.3) is 0 Å². The predicted molar refractivity (Wildman–Crippen MR) is 90.6 cm³/mol. The first kappa shape index (κ1) is 15.0. The lowest BCUT2D eigenvalue weighted by Gasteiger charge is -2.21. The molecule has 2 fully saturated rings. The van der Waals surface area contributed by atoms with Gasteiger partial charge in [-0.05, 0) is 55.4 Å². The number of guanidine groups is 1. The average Bonchev–Trinajstić information content (AvgIpc) is 3.27. The van der Waals surface area contributed by atoms with Crippen molar-refractivity contribution in [3.05, 3.63) is 29.3 Å². The van der Waals surface area contributed by atoms with Crippen molar-refractivity contribution in [2.24, 2.45) is 10.7 Å². The van der Waals surface area contributed by atoms with Gasteiger partial charge in [-0.15, -0.1) is 0 Å². The smallest absolute Gasteiger partial charge is 0.193 e. The lowest BCUT2D eigenvalue weighted by atomic mass is 10.1. The number of hydrogen-bond donors (Lipinski definition) is 2. The molecule has 1 aliphatic heterocycles. The second-order valence-electron chi connectivity index (χ2n) is 6.86. The molecule has 1 spiro atoms. The van der Waals surface area contributed by atoms with Crippen molar-refractivity contribution < 1.29 is 9.47 Å². The summed E-state index contributed by atoms with van der Waals surface area (Å²) in [5.41, 5.74) is 9.92. The van der Waals surface area contributed by atoms with E-state index in [1.807, 2.05) is 0 Å². The van der Waals surface area contributed by atoms with Crippen molar-refractivity contribution in [3.8, 4) is 0 Å².